The predicted molar refractivity (Wildman–Crippen MR) is 88.3 cm³/mol. The normalized spacial score (nSPS) is 17.2. The van der Waals surface area contributed by atoms with Crippen LogP contribution in [-0.4, -0.2) is 50.6 Å². The van der Waals surface area contributed by atoms with E-state index in [0.717, 1.165) is 37.6 Å². The highest BCUT2D eigenvalue weighted by molar-refractivity contribution is 5.79. The quantitative estimate of drug-likeness (QED) is 0.408. The van der Waals surface area contributed by atoms with Gasteiger partial charge in [-0.2, -0.15) is 0 Å². The van der Waals surface area contributed by atoms with E-state index in [1.54, 1.807) is 0 Å². The summed E-state index contributed by atoms with van der Waals surface area (Å²) < 4.78 is 0. The number of nitrogens with one attached hydrogen (secondary N) is 2. The molecule has 118 valence electrons. The van der Waals surface area contributed by atoms with Gasteiger partial charge in [-0.3, -0.25) is 4.99 Å². The summed E-state index contributed by atoms with van der Waals surface area (Å²) in [5.74, 6) is 1.72. The molecule has 20 heavy (non-hydrogen) atoms. The minimum absolute atomic E-state index is 0.784. The van der Waals surface area contributed by atoms with Gasteiger partial charge in [-0.15, -0.1) is 0 Å². The minimum atomic E-state index is 0.784. The average molecular weight is 282 g/mol. The van der Waals surface area contributed by atoms with E-state index in [1.165, 1.54) is 38.5 Å². The van der Waals surface area contributed by atoms with E-state index in [2.05, 4.69) is 41.4 Å². The van der Waals surface area contributed by atoms with Crippen LogP contribution >= 0.6 is 0 Å². The topological polar surface area (TPSA) is 39.7 Å². The van der Waals surface area contributed by atoms with Crippen molar-refractivity contribution in [2.45, 2.75) is 58.4 Å². The maximum atomic E-state index is 4.27. The Morgan fingerprint density at radius 2 is 1.85 bits per heavy atom. The zero-order valence-electron chi connectivity index (χ0n) is 13.9. The van der Waals surface area contributed by atoms with Crippen LogP contribution in [-0.2, 0) is 0 Å². The highest BCUT2D eigenvalue weighted by atomic mass is 15.2. The van der Waals surface area contributed by atoms with Gasteiger partial charge >= 0.3 is 0 Å². The molecule has 4 heteroatoms. The molecule has 0 radical (unpaired) electrons. The lowest BCUT2D eigenvalue weighted by atomic mass is 10.1. The first-order valence-electron chi connectivity index (χ1n) is 8.28. The summed E-state index contributed by atoms with van der Waals surface area (Å²) in [6.45, 7) is 7.61. The lowest BCUT2D eigenvalue weighted by molar-refractivity contribution is 0.249. The van der Waals surface area contributed by atoms with Crippen molar-refractivity contribution in [3.63, 3.8) is 0 Å². The van der Waals surface area contributed by atoms with Crippen LogP contribution in [0.5, 0.6) is 0 Å². The zero-order chi connectivity index (χ0) is 14.8. The van der Waals surface area contributed by atoms with Gasteiger partial charge in [0.1, 0.15) is 0 Å². The molecule has 0 amide bonds. The predicted octanol–water partition coefficient (Wildman–Crippen LogP) is 2.46. The first-order chi connectivity index (χ1) is 9.63. The number of aliphatic imine (C=N–C) groups is 1. The third-order valence-electron chi connectivity index (χ3n) is 4.18. The molecule has 0 spiro atoms. The van der Waals surface area contributed by atoms with Gasteiger partial charge in [0.15, 0.2) is 5.96 Å². The van der Waals surface area contributed by atoms with E-state index in [4.69, 9.17) is 0 Å². The Bertz CT molecular complexity index is 270. The Morgan fingerprint density at radius 1 is 1.20 bits per heavy atom. The molecule has 0 heterocycles. The third kappa shape index (κ3) is 7.13. The number of nitrogens with zero attached hydrogens (tertiary/aromatic N) is 2. The monoisotopic (exact) mass is 282 g/mol. The summed E-state index contributed by atoms with van der Waals surface area (Å²) in [5, 5.41) is 6.80. The van der Waals surface area contributed by atoms with Gasteiger partial charge in [0.2, 0.25) is 0 Å². The Morgan fingerprint density at radius 3 is 2.45 bits per heavy atom. The summed E-state index contributed by atoms with van der Waals surface area (Å²) in [4.78, 5) is 6.77. The van der Waals surface area contributed by atoms with Crippen molar-refractivity contribution in [3.8, 4) is 0 Å². The summed E-state index contributed by atoms with van der Waals surface area (Å²) in [5.41, 5.74) is 0. The first kappa shape index (κ1) is 17.3. The average Bonchev–Trinajstić information content (AvgIpc) is 2.95. The fourth-order valence-corrected chi connectivity index (χ4v) is 2.82. The molecular formula is C16H34N4. The molecule has 0 unspecified atom stereocenters. The summed E-state index contributed by atoms with van der Waals surface area (Å²) in [7, 11) is 4.09. The smallest absolute Gasteiger partial charge is 0.191 e. The molecule has 1 saturated carbocycles. The van der Waals surface area contributed by atoms with E-state index in [9.17, 15) is 0 Å². The van der Waals surface area contributed by atoms with Crippen molar-refractivity contribution in [3.05, 3.63) is 0 Å². The molecule has 0 aromatic heterocycles. The van der Waals surface area contributed by atoms with Crippen molar-refractivity contribution in [2.24, 2.45) is 10.9 Å². The number of likely N-dealkylation sites (N-methyl/N-ethyl adjacent to an activating group) is 1. The number of hydrogen-bond acceptors (Lipinski definition) is 2. The van der Waals surface area contributed by atoms with Crippen molar-refractivity contribution >= 4 is 5.96 Å². The van der Waals surface area contributed by atoms with Gasteiger partial charge in [-0.25, -0.2) is 0 Å². The van der Waals surface area contributed by atoms with Gasteiger partial charge in [-0.1, -0.05) is 26.7 Å². The molecule has 1 aliphatic rings. The standard InChI is InChI=1S/C16H34N4/c1-14(2)8-7-11-18-16(17-3)19-12-13-20(4)15-9-5-6-10-15/h14-15H,5-13H2,1-4H3,(H2,17,18,19). The largest absolute Gasteiger partial charge is 0.356 e. The Kier molecular flexibility index (Phi) is 8.67. The molecule has 1 rings (SSSR count). The molecule has 0 aromatic carbocycles. The van der Waals surface area contributed by atoms with Crippen molar-refractivity contribution in [1.82, 2.24) is 15.5 Å². The highest BCUT2D eigenvalue weighted by Gasteiger charge is 2.18. The Hall–Kier alpha value is -0.770. The zero-order valence-corrected chi connectivity index (χ0v) is 13.9. The molecule has 2 N–H and O–H groups in total. The van der Waals surface area contributed by atoms with Crippen LogP contribution in [0.1, 0.15) is 52.4 Å². The van der Waals surface area contributed by atoms with Crippen LogP contribution in [0.4, 0.5) is 0 Å². The molecule has 0 saturated heterocycles. The van der Waals surface area contributed by atoms with E-state index in [1.807, 2.05) is 7.05 Å². The summed E-state index contributed by atoms with van der Waals surface area (Å²) in [6.07, 6.45) is 8.04. The second-order valence-electron chi connectivity index (χ2n) is 6.38. The van der Waals surface area contributed by atoms with Crippen LogP contribution < -0.4 is 10.6 Å². The van der Waals surface area contributed by atoms with Gasteiger partial charge in [0.25, 0.3) is 0 Å². The van der Waals surface area contributed by atoms with Crippen LogP contribution in [0.2, 0.25) is 0 Å². The molecule has 0 atom stereocenters. The molecule has 0 aliphatic heterocycles. The van der Waals surface area contributed by atoms with Crippen LogP contribution in [0.15, 0.2) is 4.99 Å². The van der Waals surface area contributed by atoms with Gasteiger partial charge < -0.3 is 15.5 Å². The van der Waals surface area contributed by atoms with Crippen LogP contribution in [0.25, 0.3) is 0 Å². The maximum absolute atomic E-state index is 4.27. The first-order valence-corrected chi connectivity index (χ1v) is 8.28. The molecule has 0 aromatic rings. The molecule has 0 bridgehead atoms. The second-order valence-corrected chi connectivity index (χ2v) is 6.38. The van der Waals surface area contributed by atoms with E-state index >= 15 is 0 Å². The van der Waals surface area contributed by atoms with E-state index < -0.39 is 0 Å². The van der Waals surface area contributed by atoms with Crippen LogP contribution in [0, 0.1) is 5.92 Å². The SMILES string of the molecule is CN=C(NCCCC(C)C)NCCN(C)C1CCCC1. The van der Waals surface area contributed by atoms with Crippen LogP contribution in [0.3, 0.4) is 0 Å². The fraction of sp³-hybridized carbons (Fsp3) is 0.938. The molecule has 1 fully saturated rings. The lowest BCUT2D eigenvalue weighted by Gasteiger charge is -2.24. The van der Waals surface area contributed by atoms with Crippen molar-refractivity contribution in [1.29, 1.82) is 0 Å². The van der Waals surface area contributed by atoms with Gasteiger partial charge in [0, 0.05) is 32.7 Å². The molecule has 4 nitrogen and oxygen atoms in total. The Labute approximate surface area is 125 Å². The van der Waals surface area contributed by atoms with E-state index in [-0.39, 0.29) is 0 Å². The summed E-state index contributed by atoms with van der Waals surface area (Å²) in [6, 6.07) is 0.804. The summed E-state index contributed by atoms with van der Waals surface area (Å²) >= 11 is 0. The minimum Gasteiger partial charge on any atom is -0.356 e. The molecular weight excluding hydrogens is 248 g/mol. The van der Waals surface area contributed by atoms with Crippen molar-refractivity contribution < 1.29 is 0 Å². The van der Waals surface area contributed by atoms with Gasteiger partial charge in [0.05, 0.1) is 0 Å². The number of guanidine groups is 1. The fourth-order valence-electron chi connectivity index (χ4n) is 2.82. The lowest BCUT2D eigenvalue weighted by Crippen LogP contribution is -2.42. The maximum Gasteiger partial charge on any atom is 0.191 e. The highest BCUT2D eigenvalue weighted by Crippen LogP contribution is 2.21. The van der Waals surface area contributed by atoms with Crippen molar-refractivity contribution in [2.75, 3.05) is 33.7 Å². The van der Waals surface area contributed by atoms with E-state index in [0.29, 0.717) is 0 Å². The Balaban J connectivity index is 2.08. The number of hydrogen-bond donors (Lipinski definition) is 2. The third-order valence-corrected chi connectivity index (χ3v) is 4.18. The van der Waals surface area contributed by atoms with Gasteiger partial charge in [-0.05, 0) is 38.6 Å². The second kappa shape index (κ2) is 10.0. The number of rotatable bonds is 8. The molecule has 1 aliphatic carbocycles.